The fourth-order valence-corrected chi connectivity index (χ4v) is 2.80. The van der Waals surface area contributed by atoms with E-state index >= 15 is 0 Å². The van der Waals surface area contributed by atoms with Crippen LogP contribution in [0.4, 0.5) is 4.79 Å². The fourth-order valence-electron chi connectivity index (χ4n) is 2.80. The van der Waals surface area contributed by atoms with Crippen molar-refractivity contribution in [2.75, 3.05) is 33.5 Å². The number of urea groups is 1. The van der Waals surface area contributed by atoms with E-state index in [-0.39, 0.29) is 24.2 Å². The zero-order valence-corrected chi connectivity index (χ0v) is 15.0. The SMILES string of the molecule is CCOc1ccc([C@H](COC)NC(=O)N2CCO[C@H](C)[C@H]2C)cc1. The van der Waals surface area contributed by atoms with Crippen molar-refractivity contribution in [3.8, 4) is 5.75 Å². The first-order valence-corrected chi connectivity index (χ1v) is 8.47. The van der Waals surface area contributed by atoms with Gasteiger partial charge in [-0.2, -0.15) is 0 Å². The summed E-state index contributed by atoms with van der Waals surface area (Å²) in [5.41, 5.74) is 0.989. The van der Waals surface area contributed by atoms with Gasteiger partial charge in [0, 0.05) is 13.7 Å². The summed E-state index contributed by atoms with van der Waals surface area (Å²) in [6.07, 6.45) is 0.0378. The molecule has 1 saturated heterocycles. The summed E-state index contributed by atoms with van der Waals surface area (Å²) < 4.78 is 16.3. The molecule has 2 rings (SSSR count). The zero-order chi connectivity index (χ0) is 17.5. The molecule has 6 nitrogen and oxygen atoms in total. The topological polar surface area (TPSA) is 60.0 Å². The number of carbonyl (C=O) groups is 1. The summed E-state index contributed by atoms with van der Waals surface area (Å²) in [6.45, 7) is 8.15. The normalized spacial score (nSPS) is 22.1. The first-order chi connectivity index (χ1) is 11.6. The van der Waals surface area contributed by atoms with Crippen molar-refractivity contribution in [2.24, 2.45) is 0 Å². The van der Waals surface area contributed by atoms with Gasteiger partial charge in [0.15, 0.2) is 0 Å². The van der Waals surface area contributed by atoms with E-state index < -0.39 is 0 Å². The molecular formula is C18H28N2O4. The maximum absolute atomic E-state index is 12.7. The minimum atomic E-state index is -0.205. The number of nitrogens with zero attached hydrogens (tertiary/aromatic N) is 1. The highest BCUT2D eigenvalue weighted by molar-refractivity contribution is 5.75. The van der Waals surface area contributed by atoms with Crippen molar-refractivity contribution in [3.63, 3.8) is 0 Å². The summed E-state index contributed by atoms with van der Waals surface area (Å²) in [7, 11) is 1.63. The van der Waals surface area contributed by atoms with Crippen molar-refractivity contribution in [3.05, 3.63) is 29.8 Å². The third-order valence-corrected chi connectivity index (χ3v) is 4.37. The van der Waals surface area contributed by atoms with Crippen LogP contribution < -0.4 is 10.1 Å². The van der Waals surface area contributed by atoms with Crippen LogP contribution >= 0.6 is 0 Å². The molecule has 3 atom stereocenters. The Morgan fingerprint density at radius 2 is 2.08 bits per heavy atom. The number of nitrogens with one attached hydrogen (secondary N) is 1. The Labute approximate surface area is 144 Å². The Bertz CT molecular complexity index is 520. The van der Waals surface area contributed by atoms with Crippen molar-refractivity contribution in [1.29, 1.82) is 0 Å². The quantitative estimate of drug-likeness (QED) is 0.867. The van der Waals surface area contributed by atoms with Gasteiger partial charge < -0.3 is 24.4 Å². The standard InChI is InChI=1S/C18H28N2O4/c1-5-23-16-8-6-15(7-9-16)17(12-22-4)19-18(21)20-10-11-24-14(3)13(20)2/h6-9,13-14,17H,5,10-12H2,1-4H3,(H,19,21)/t13-,14-,17+/m1/s1. The lowest BCUT2D eigenvalue weighted by atomic mass is 10.1. The van der Waals surface area contributed by atoms with E-state index in [0.717, 1.165) is 11.3 Å². The van der Waals surface area contributed by atoms with Crippen molar-refractivity contribution >= 4 is 6.03 Å². The van der Waals surface area contributed by atoms with Crippen LogP contribution in [0.25, 0.3) is 0 Å². The van der Waals surface area contributed by atoms with Crippen LogP contribution in [0.3, 0.4) is 0 Å². The van der Waals surface area contributed by atoms with Crippen LogP contribution in [-0.2, 0) is 9.47 Å². The molecule has 0 bridgehead atoms. The van der Waals surface area contributed by atoms with Gasteiger partial charge >= 0.3 is 6.03 Å². The lowest BCUT2D eigenvalue weighted by Crippen LogP contribution is -2.55. The number of rotatable bonds is 6. The van der Waals surface area contributed by atoms with Gasteiger partial charge in [0.25, 0.3) is 0 Å². The lowest BCUT2D eigenvalue weighted by Gasteiger charge is -2.38. The van der Waals surface area contributed by atoms with Gasteiger partial charge in [-0.25, -0.2) is 4.79 Å². The molecule has 1 heterocycles. The van der Waals surface area contributed by atoms with E-state index in [1.807, 2.05) is 49.9 Å². The largest absolute Gasteiger partial charge is 0.494 e. The monoisotopic (exact) mass is 336 g/mol. The third-order valence-electron chi connectivity index (χ3n) is 4.37. The Kier molecular flexibility index (Phi) is 6.87. The second kappa shape index (κ2) is 8.89. The number of ether oxygens (including phenoxy) is 3. The summed E-state index contributed by atoms with van der Waals surface area (Å²) in [4.78, 5) is 14.5. The van der Waals surface area contributed by atoms with Gasteiger partial charge in [0.05, 0.1) is 38.0 Å². The predicted octanol–water partition coefficient (Wildman–Crippen LogP) is 2.59. The minimum absolute atomic E-state index is 0.0378. The van der Waals surface area contributed by atoms with Gasteiger partial charge in [-0.15, -0.1) is 0 Å². The number of benzene rings is 1. The van der Waals surface area contributed by atoms with E-state index in [2.05, 4.69) is 5.32 Å². The molecule has 1 fully saturated rings. The fraction of sp³-hybridized carbons (Fsp3) is 0.611. The number of methoxy groups -OCH3 is 1. The second-order valence-electron chi connectivity index (χ2n) is 5.97. The van der Waals surface area contributed by atoms with E-state index in [1.54, 1.807) is 7.11 Å². The van der Waals surface area contributed by atoms with E-state index in [1.165, 1.54) is 0 Å². The number of amides is 2. The molecule has 0 unspecified atom stereocenters. The molecule has 134 valence electrons. The average Bonchev–Trinajstić information content (AvgIpc) is 2.58. The zero-order valence-electron chi connectivity index (χ0n) is 15.0. The number of hydrogen-bond acceptors (Lipinski definition) is 4. The minimum Gasteiger partial charge on any atom is -0.494 e. The summed E-state index contributed by atoms with van der Waals surface area (Å²) in [5.74, 6) is 0.819. The molecule has 0 spiro atoms. The van der Waals surface area contributed by atoms with Crippen molar-refractivity contribution in [2.45, 2.75) is 39.0 Å². The van der Waals surface area contributed by atoms with Crippen LogP contribution in [0.5, 0.6) is 5.75 Å². The lowest BCUT2D eigenvalue weighted by molar-refractivity contribution is -0.0383. The van der Waals surface area contributed by atoms with Gasteiger partial charge in [-0.1, -0.05) is 12.1 Å². The van der Waals surface area contributed by atoms with E-state index in [4.69, 9.17) is 14.2 Å². The molecule has 1 aromatic rings. The number of carbonyl (C=O) groups excluding carboxylic acids is 1. The molecule has 1 aromatic carbocycles. The highest BCUT2D eigenvalue weighted by Gasteiger charge is 2.30. The van der Waals surface area contributed by atoms with Gasteiger partial charge in [0.1, 0.15) is 5.75 Å². The molecule has 1 aliphatic heterocycles. The highest BCUT2D eigenvalue weighted by Crippen LogP contribution is 2.20. The molecule has 1 N–H and O–H groups in total. The first-order valence-electron chi connectivity index (χ1n) is 8.47. The van der Waals surface area contributed by atoms with Crippen LogP contribution in [0.15, 0.2) is 24.3 Å². The molecule has 1 aliphatic rings. The van der Waals surface area contributed by atoms with E-state index in [9.17, 15) is 4.79 Å². The molecular weight excluding hydrogens is 308 g/mol. The molecule has 6 heteroatoms. The Hall–Kier alpha value is -1.79. The smallest absolute Gasteiger partial charge is 0.318 e. The van der Waals surface area contributed by atoms with E-state index in [0.29, 0.717) is 26.4 Å². The molecule has 24 heavy (non-hydrogen) atoms. The Morgan fingerprint density at radius 1 is 1.38 bits per heavy atom. The second-order valence-corrected chi connectivity index (χ2v) is 5.97. The van der Waals surface area contributed by atoms with Crippen molar-refractivity contribution < 1.29 is 19.0 Å². The molecule has 2 amide bonds. The molecule has 0 aromatic heterocycles. The summed E-state index contributed by atoms with van der Waals surface area (Å²) >= 11 is 0. The summed E-state index contributed by atoms with van der Waals surface area (Å²) in [6, 6.07) is 7.49. The van der Waals surface area contributed by atoms with Gasteiger partial charge in [-0.05, 0) is 38.5 Å². The highest BCUT2D eigenvalue weighted by atomic mass is 16.5. The van der Waals surface area contributed by atoms with Crippen LogP contribution in [0.2, 0.25) is 0 Å². The number of hydrogen-bond donors (Lipinski definition) is 1. The van der Waals surface area contributed by atoms with Crippen LogP contribution in [0.1, 0.15) is 32.4 Å². The Balaban J connectivity index is 2.05. The maximum atomic E-state index is 12.7. The Morgan fingerprint density at radius 3 is 2.71 bits per heavy atom. The average molecular weight is 336 g/mol. The summed E-state index contributed by atoms with van der Waals surface area (Å²) in [5, 5.41) is 3.07. The van der Waals surface area contributed by atoms with Gasteiger partial charge in [-0.3, -0.25) is 0 Å². The molecule has 0 aliphatic carbocycles. The maximum Gasteiger partial charge on any atom is 0.318 e. The predicted molar refractivity (Wildman–Crippen MR) is 92.3 cm³/mol. The van der Waals surface area contributed by atoms with Crippen LogP contribution in [-0.4, -0.2) is 56.6 Å². The molecule has 0 radical (unpaired) electrons. The van der Waals surface area contributed by atoms with Crippen LogP contribution in [0, 0.1) is 0 Å². The third kappa shape index (κ3) is 4.61. The van der Waals surface area contributed by atoms with Gasteiger partial charge in [0.2, 0.25) is 0 Å². The molecule has 0 saturated carbocycles. The number of morpholine rings is 1. The van der Waals surface area contributed by atoms with Crippen molar-refractivity contribution in [1.82, 2.24) is 10.2 Å². The first kappa shape index (κ1) is 18.5.